The SMILES string of the molecule is CCCc1ccc(-c2nc(CN)n(C)c2Cl)cc1. The highest BCUT2D eigenvalue weighted by Gasteiger charge is 2.13. The van der Waals surface area contributed by atoms with Gasteiger partial charge >= 0.3 is 0 Å². The fraction of sp³-hybridized carbons (Fsp3) is 0.357. The van der Waals surface area contributed by atoms with E-state index in [0.717, 1.165) is 29.9 Å². The Kier molecular flexibility index (Phi) is 4.04. The molecule has 0 aliphatic heterocycles. The van der Waals surface area contributed by atoms with Gasteiger partial charge in [0.15, 0.2) is 0 Å². The van der Waals surface area contributed by atoms with Crippen LogP contribution < -0.4 is 5.73 Å². The molecule has 1 heterocycles. The molecule has 0 amide bonds. The lowest BCUT2D eigenvalue weighted by molar-refractivity contribution is 0.794. The Morgan fingerprint density at radius 3 is 2.44 bits per heavy atom. The molecule has 3 nitrogen and oxygen atoms in total. The van der Waals surface area contributed by atoms with Crippen LogP contribution in [0.2, 0.25) is 5.15 Å². The number of nitrogens with zero attached hydrogens (tertiary/aromatic N) is 2. The first kappa shape index (κ1) is 13.1. The molecule has 0 unspecified atom stereocenters. The summed E-state index contributed by atoms with van der Waals surface area (Å²) in [5.41, 5.74) is 8.82. The van der Waals surface area contributed by atoms with E-state index in [4.69, 9.17) is 17.3 Å². The molecule has 0 atom stereocenters. The maximum atomic E-state index is 6.27. The van der Waals surface area contributed by atoms with Crippen LogP contribution in [0.5, 0.6) is 0 Å². The van der Waals surface area contributed by atoms with Gasteiger partial charge in [-0.1, -0.05) is 49.2 Å². The Morgan fingerprint density at radius 2 is 1.94 bits per heavy atom. The average Bonchev–Trinajstić information content (AvgIpc) is 2.68. The van der Waals surface area contributed by atoms with E-state index in [1.54, 1.807) is 0 Å². The second-order valence-electron chi connectivity index (χ2n) is 4.38. The van der Waals surface area contributed by atoms with Crippen molar-refractivity contribution in [2.75, 3.05) is 0 Å². The van der Waals surface area contributed by atoms with Gasteiger partial charge in [0.25, 0.3) is 0 Å². The van der Waals surface area contributed by atoms with E-state index in [9.17, 15) is 0 Å². The Morgan fingerprint density at radius 1 is 1.28 bits per heavy atom. The molecule has 0 radical (unpaired) electrons. The molecule has 2 N–H and O–H groups in total. The number of aromatic nitrogens is 2. The molecular weight excluding hydrogens is 246 g/mol. The molecule has 18 heavy (non-hydrogen) atoms. The van der Waals surface area contributed by atoms with Crippen LogP contribution in [0.3, 0.4) is 0 Å². The second kappa shape index (κ2) is 5.55. The van der Waals surface area contributed by atoms with E-state index >= 15 is 0 Å². The molecule has 0 saturated heterocycles. The number of rotatable bonds is 4. The standard InChI is InChI=1S/C14H18ClN3/c1-3-4-10-5-7-11(8-6-10)13-14(15)18(2)12(9-16)17-13/h5-8H,3-4,9,16H2,1-2H3. The molecule has 0 aliphatic rings. The van der Waals surface area contributed by atoms with Crippen molar-refractivity contribution in [3.05, 3.63) is 40.8 Å². The molecule has 0 fully saturated rings. The first-order valence-electron chi connectivity index (χ1n) is 6.17. The Labute approximate surface area is 113 Å². The summed E-state index contributed by atoms with van der Waals surface area (Å²) < 4.78 is 1.83. The fourth-order valence-corrected chi connectivity index (χ4v) is 2.26. The minimum Gasteiger partial charge on any atom is -0.324 e. The van der Waals surface area contributed by atoms with Crippen LogP contribution in [-0.4, -0.2) is 9.55 Å². The first-order valence-corrected chi connectivity index (χ1v) is 6.55. The van der Waals surface area contributed by atoms with Crippen LogP contribution in [0.1, 0.15) is 24.7 Å². The van der Waals surface area contributed by atoms with Gasteiger partial charge in [0.1, 0.15) is 16.7 Å². The maximum Gasteiger partial charge on any atom is 0.136 e. The van der Waals surface area contributed by atoms with Crippen LogP contribution in [0, 0.1) is 0 Å². The zero-order chi connectivity index (χ0) is 13.1. The smallest absolute Gasteiger partial charge is 0.136 e. The number of benzene rings is 1. The molecule has 96 valence electrons. The minimum absolute atomic E-state index is 0.393. The van der Waals surface area contributed by atoms with Gasteiger partial charge in [-0.2, -0.15) is 0 Å². The van der Waals surface area contributed by atoms with Gasteiger partial charge in [0, 0.05) is 12.6 Å². The van der Waals surface area contributed by atoms with Gasteiger partial charge in [-0.3, -0.25) is 0 Å². The van der Waals surface area contributed by atoms with Crippen molar-refractivity contribution in [3.63, 3.8) is 0 Å². The van der Waals surface area contributed by atoms with Gasteiger partial charge < -0.3 is 10.3 Å². The van der Waals surface area contributed by atoms with Crippen molar-refractivity contribution < 1.29 is 0 Å². The number of imidazole rings is 1. The quantitative estimate of drug-likeness (QED) is 0.921. The second-order valence-corrected chi connectivity index (χ2v) is 4.74. The number of nitrogens with two attached hydrogens (primary N) is 1. The Bertz CT molecular complexity index is 529. The summed E-state index contributed by atoms with van der Waals surface area (Å²) in [6.07, 6.45) is 2.26. The molecule has 0 aliphatic carbocycles. The summed E-state index contributed by atoms with van der Waals surface area (Å²) in [7, 11) is 1.88. The molecule has 0 spiro atoms. The van der Waals surface area contributed by atoms with Gasteiger partial charge in [0.2, 0.25) is 0 Å². The van der Waals surface area contributed by atoms with Crippen LogP contribution in [0.25, 0.3) is 11.3 Å². The van der Waals surface area contributed by atoms with Crippen LogP contribution >= 0.6 is 11.6 Å². The third kappa shape index (κ3) is 2.42. The van der Waals surface area contributed by atoms with E-state index in [1.807, 2.05) is 11.6 Å². The number of aryl methyl sites for hydroxylation is 1. The summed E-state index contributed by atoms with van der Waals surface area (Å²) >= 11 is 6.27. The summed E-state index contributed by atoms with van der Waals surface area (Å²) in [5, 5.41) is 0.638. The van der Waals surface area contributed by atoms with Crippen molar-refractivity contribution in [3.8, 4) is 11.3 Å². The van der Waals surface area contributed by atoms with Crippen molar-refractivity contribution in [1.29, 1.82) is 0 Å². The highest BCUT2D eigenvalue weighted by atomic mass is 35.5. The largest absolute Gasteiger partial charge is 0.324 e. The normalized spacial score (nSPS) is 10.9. The van der Waals surface area contributed by atoms with Gasteiger partial charge in [-0.15, -0.1) is 0 Å². The van der Waals surface area contributed by atoms with E-state index < -0.39 is 0 Å². The van der Waals surface area contributed by atoms with E-state index in [1.165, 1.54) is 5.56 Å². The molecule has 0 bridgehead atoms. The first-order chi connectivity index (χ1) is 8.67. The third-order valence-corrected chi connectivity index (χ3v) is 3.50. The minimum atomic E-state index is 0.393. The predicted molar refractivity (Wildman–Crippen MR) is 75.5 cm³/mol. The molecular formula is C14H18ClN3. The summed E-state index contributed by atoms with van der Waals surface area (Å²) in [6.45, 7) is 2.57. The van der Waals surface area contributed by atoms with Crippen molar-refractivity contribution in [2.24, 2.45) is 12.8 Å². The van der Waals surface area contributed by atoms with Crippen molar-refractivity contribution in [1.82, 2.24) is 9.55 Å². The van der Waals surface area contributed by atoms with Crippen LogP contribution in [-0.2, 0) is 20.0 Å². The number of halogens is 1. The van der Waals surface area contributed by atoms with Crippen molar-refractivity contribution >= 4 is 11.6 Å². The summed E-state index contributed by atoms with van der Waals surface area (Å²) in [6, 6.07) is 8.40. The summed E-state index contributed by atoms with van der Waals surface area (Å²) in [5.74, 6) is 0.799. The lowest BCUT2D eigenvalue weighted by Crippen LogP contribution is -2.04. The van der Waals surface area contributed by atoms with E-state index in [0.29, 0.717) is 11.7 Å². The summed E-state index contributed by atoms with van der Waals surface area (Å²) in [4.78, 5) is 4.48. The number of hydrogen-bond acceptors (Lipinski definition) is 2. The lowest BCUT2D eigenvalue weighted by Gasteiger charge is -2.01. The molecule has 2 aromatic rings. The topological polar surface area (TPSA) is 43.8 Å². The number of hydrogen-bond donors (Lipinski definition) is 1. The zero-order valence-electron chi connectivity index (χ0n) is 10.8. The molecule has 4 heteroatoms. The van der Waals surface area contributed by atoms with E-state index in [-0.39, 0.29) is 0 Å². The van der Waals surface area contributed by atoms with Gasteiger partial charge in [-0.25, -0.2) is 4.98 Å². The maximum absolute atomic E-state index is 6.27. The van der Waals surface area contributed by atoms with Crippen molar-refractivity contribution in [2.45, 2.75) is 26.3 Å². The lowest BCUT2D eigenvalue weighted by atomic mass is 10.1. The fourth-order valence-electron chi connectivity index (χ4n) is 2.01. The third-order valence-electron chi connectivity index (χ3n) is 3.07. The molecule has 2 rings (SSSR count). The van der Waals surface area contributed by atoms with Crippen LogP contribution in [0.15, 0.2) is 24.3 Å². The highest BCUT2D eigenvalue weighted by molar-refractivity contribution is 6.32. The van der Waals surface area contributed by atoms with Gasteiger partial charge in [0.05, 0.1) is 6.54 Å². The van der Waals surface area contributed by atoms with E-state index in [2.05, 4.69) is 36.2 Å². The zero-order valence-corrected chi connectivity index (χ0v) is 11.5. The molecule has 1 aromatic heterocycles. The Hall–Kier alpha value is -1.32. The highest BCUT2D eigenvalue weighted by Crippen LogP contribution is 2.27. The molecule has 1 aromatic carbocycles. The Balaban J connectivity index is 2.36. The average molecular weight is 264 g/mol. The van der Waals surface area contributed by atoms with Gasteiger partial charge in [-0.05, 0) is 12.0 Å². The monoisotopic (exact) mass is 263 g/mol. The van der Waals surface area contributed by atoms with Crippen LogP contribution in [0.4, 0.5) is 0 Å². The predicted octanol–water partition coefficient (Wildman–Crippen LogP) is 3.15. The molecule has 0 saturated carbocycles.